The molecule has 0 aromatic carbocycles. The van der Waals surface area contributed by atoms with E-state index >= 15 is 0 Å². The van der Waals surface area contributed by atoms with Crippen LogP contribution in [0.1, 0.15) is 20.3 Å². The first kappa shape index (κ1) is 13.0. The lowest BCUT2D eigenvalue weighted by molar-refractivity contribution is -0.146. The van der Waals surface area contributed by atoms with Gasteiger partial charge in [0.1, 0.15) is 6.54 Å². The Labute approximate surface area is 95.8 Å². The SMILES string of the molecule is CC(C)CN(CC(=O)O)C(=O)C1CCNC1. The lowest BCUT2D eigenvalue weighted by Gasteiger charge is -2.25. The van der Waals surface area contributed by atoms with E-state index in [1.54, 1.807) is 0 Å². The Morgan fingerprint density at radius 1 is 1.50 bits per heavy atom. The maximum Gasteiger partial charge on any atom is 0.323 e. The molecule has 16 heavy (non-hydrogen) atoms. The van der Waals surface area contributed by atoms with Crippen molar-refractivity contribution in [3.8, 4) is 0 Å². The number of amides is 1. The predicted molar refractivity (Wildman–Crippen MR) is 60.0 cm³/mol. The first-order chi connectivity index (χ1) is 7.50. The molecule has 0 aromatic heterocycles. The van der Waals surface area contributed by atoms with Gasteiger partial charge in [0.15, 0.2) is 0 Å². The molecule has 1 rings (SSSR count). The van der Waals surface area contributed by atoms with Crippen molar-refractivity contribution in [2.75, 3.05) is 26.2 Å². The molecule has 1 fully saturated rings. The van der Waals surface area contributed by atoms with Gasteiger partial charge in [-0.15, -0.1) is 0 Å². The van der Waals surface area contributed by atoms with E-state index < -0.39 is 5.97 Å². The summed E-state index contributed by atoms with van der Waals surface area (Å²) in [6.45, 7) is 5.81. The summed E-state index contributed by atoms with van der Waals surface area (Å²) in [4.78, 5) is 24.2. The van der Waals surface area contributed by atoms with Crippen molar-refractivity contribution in [1.29, 1.82) is 0 Å². The molecule has 1 aliphatic heterocycles. The Bertz CT molecular complexity index is 260. The van der Waals surface area contributed by atoms with Crippen LogP contribution in [0.4, 0.5) is 0 Å². The molecule has 0 spiro atoms. The molecule has 1 saturated heterocycles. The normalized spacial score (nSPS) is 20.1. The van der Waals surface area contributed by atoms with Crippen molar-refractivity contribution in [1.82, 2.24) is 10.2 Å². The fourth-order valence-electron chi connectivity index (χ4n) is 1.96. The average Bonchev–Trinajstić information content (AvgIpc) is 2.66. The fourth-order valence-corrected chi connectivity index (χ4v) is 1.96. The van der Waals surface area contributed by atoms with E-state index in [9.17, 15) is 9.59 Å². The van der Waals surface area contributed by atoms with Crippen LogP contribution >= 0.6 is 0 Å². The third-order valence-electron chi connectivity index (χ3n) is 2.63. The van der Waals surface area contributed by atoms with E-state index in [4.69, 9.17) is 5.11 Å². The van der Waals surface area contributed by atoms with Crippen LogP contribution in [0, 0.1) is 11.8 Å². The van der Waals surface area contributed by atoms with Crippen LogP contribution in [-0.2, 0) is 9.59 Å². The third kappa shape index (κ3) is 3.81. The molecule has 5 nitrogen and oxygen atoms in total. The zero-order chi connectivity index (χ0) is 12.1. The highest BCUT2D eigenvalue weighted by molar-refractivity contribution is 5.83. The van der Waals surface area contributed by atoms with Crippen molar-refractivity contribution in [3.63, 3.8) is 0 Å². The zero-order valence-electron chi connectivity index (χ0n) is 9.90. The molecule has 1 amide bonds. The summed E-state index contributed by atoms with van der Waals surface area (Å²) in [7, 11) is 0. The summed E-state index contributed by atoms with van der Waals surface area (Å²) in [5.74, 6) is -0.725. The Morgan fingerprint density at radius 3 is 2.62 bits per heavy atom. The second-order valence-electron chi connectivity index (χ2n) is 4.70. The van der Waals surface area contributed by atoms with Crippen LogP contribution in [0.3, 0.4) is 0 Å². The molecule has 0 saturated carbocycles. The van der Waals surface area contributed by atoms with Gasteiger partial charge in [-0.3, -0.25) is 9.59 Å². The first-order valence-corrected chi connectivity index (χ1v) is 5.72. The topological polar surface area (TPSA) is 69.6 Å². The predicted octanol–water partition coefficient (Wildman–Crippen LogP) is 0.165. The number of carboxylic acid groups (broad SMARTS) is 1. The average molecular weight is 228 g/mol. The zero-order valence-corrected chi connectivity index (χ0v) is 9.90. The highest BCUT2D eigenvalue weighted by Crippen LogP contribution is 2.13. The van der Waals surface area contributed by atoms with Gasteiger partial charge in [0.05, 0.1) is 5.92 Å². The Kier molecular flexibility index (Phi) is 4.73. The minimum absolute atomic E-state index is 0.0268. The quantitative estimate of drug-likeness (QED) is 0.703. The third-order valence-corrected chi connectivity index (χ3v) is 2.63. The van der Waals surface area contributed by atoms with Gasteiger partial charge >= 0.3 is 5.97 Å². The molecule has 1 unspecified atom stereocenters. The van der Waals surface area contributed by atoms with Crippen molar-refractivity contribution in [3.05, 3.63) is 0 Å². The van der Waals surface area contributed by atoms with Gasteiger partial charge in [-0.05, 0) is 18.9 Å². The molecule has 0 bridgehead atoms. The van der Waals surface area contributed by atoms with Crippen molar-refractivity contribution >= 4 is 11.9 Å². The molecule has 0 aromatic rings. The summed E-state index contributed by atoms with van der Waals surface area (Å²) in [6, 6.07) is 0. The summed E-state index contributed by atoms with van der Waals surface area (Å²) in [6.07, 6.45) is 0.813. The summed E-state index contributed by atoms with van der Waals surface area (Å²) in [5, 5.41) is 11.9. The van der Waals surface area contributed by atoms with Gasteiger partial charge in [0.25, 0.3) is 0 Å². The number of carbonyl (C=O) groups is 2. The number of rotatable bonds is 5. The maximum atomic E-state index is 12.0. The minimum atomic E-state index is -0.944. The van der Waals surface area contributed by atoms with E-state index in [1.165, 1.54) is 4.90 Å². The van der Waals surface area contributed by atoms with Gasteiger partial charge < -0.3 is 15.3 Å². The summed E-state index contributed by atoms with van der Waals surface area (Å²) >= 11 is 0. The molecular formula is C11H20N2O3. The van der Waals surface area contributed by atoms with Crippen LogP contribution in [0.15, 0.2) is 0 Å². The molecule has 0 aliphatic carbocycles. The van der Waals surface area contributed by atoms with E-state index in [1.807, 2.05) is 13.8 Å². The number of carbonyl (C=O) groups excluding carboxylic acids is 1. The Morgan fingerprint density at radius 2 is 2.19 bits per heavy atom. The fraction of sp³-hybridized carbons (Fsp3) is 0.818. The number of nitrogens with one attached hydrogen (secondary N) is 1. The summed E-state index contributed by atoms with van der Waals surface area (Å²) in [5.41, 5.74) is 0. The maximum absolute atomic E-state index is 12.0. The second-order valence-corrected chi connectivity index (χ2v) is 4.70. The van der Waals surface area contributed by atoms with Crippen LogP contribution in [0.5, 0.6) is 0 Å². The van der Waals surface area contributed by atoms with Crippen molar-refractivity contribution in [2.45, 2.75) is 20.3 Å². The highest BCUT2D eigenvalue weighted by atomic mass is 16.4. The van der Waals surface area contributed by atoms with Gasteiger partial charge in [0.2, 0.25) is 5.91 Å². The summed E-state index contributed by atoms with van der Waals surface area (Å²) < 4.78 is 0. The highest BCUT2D eigenvalue weighted by Gasteiger charge is 2.28. The van der Waals surface area contributed by atoms with Gasteiger partial charge in [0, 0.05) is 13.1 Å². The van der Waals surface area contributed by atoms with Crippen molar-refractivity contribution < 1.29 is 14.7 Å². The number of hydrogen-bond donors (Lipinski definition) is 2. The largest absolute Gasteiger partial charge is 0.480 e. The molecule has 0 radical (unpaired) electrons. The Hall–Kier alpha value is -1.10. The van der Waals surface area contributed by atoms with Crippen LogP contribution in [0.2, 0.25) is 0 Å². The van der Waals surface area contributed by atoms with Gasteiger partial charge in [-0.25, -0.2) is 0 Å². The molecular weight excluding hydrogens is 208 g/mol. The Balaban J connectivity index is 2.58. The van der Waals surface area contributed by atoms with Crippen LogP contribution < -0.4 is 5.32 Å². The number of carboxylic acids is 1. The lowest BCUT2D eigenvalue weighted by atomic mass is 10.1. The molecule has 92 valence electrons. The van der Waals surface area contributed by atoms with E-state index in [0.717, 1.165) is 13.0 Å². The van der Waals surface area contributed by atoms with Crippen LogP contribution in [0.25, 0.3) is 0 Å². The molecule has 1 heterocycles. The van der Waals surface area contributed by atoms with Gasteiger partial charge in [-0.2, -0.15) is 0 Å². The van der Waals surface area contributed by atoms with E-state index in [2.05, 4.69) is 5.32 Å². The molecule has 1 aliphatic rings. The number of aliphatic carboxylic acids is 1. The standard InChI is InChI=1S/C11H20N2O3/c1-8(2)6-13(7-10(14)15)11(16)9-3-4-12-5-9/h8-9,12H,3-7H2,1-2H3,(H,14,15). The second kappa shape index (κ2) is 5.84. The van der Waals surface area contributed by atoms with Gasteiger partial charge in [-0.1, -0.05) is 13.8 Å². The lowest BCUT2D eigenvalue weighted by Crippen LogP contribution is -2.42. The van der Waals surface area contributed by atoms with E-state index in [0.29, 0.717) is 13.1 Å². The van der Waals surface area contributed by atoms with Crippen LogP contribution in [-0.4, -0.2) is 48.1 Å². The number of nitrogens with zero attached hydrogens (tertiary/aromatic N) is 1. The molecule has 5 heteroatoms. The molecule has 1 atom stereocenters. The number of hydrogen-bond acceptors (Lipinski definition) is 3. The monoisotopic (exact) mass is 228 g/mol. The molecule has 2 N–H and O–H groups in total. The first-order valence-electron chi connectivity index (χ1n) is 5.72. The minimum Gasteiger partial charge on any atom is -0.480 e. The van der Waals surface area contributed by atoms with E-state index in [-0.39, 0.29) is 24.3 Å². The smallest absolute Gasteiger partial charge is 0.323 e. The van der Waals surface area contributed by atoms with Crippen molar-refractivity contribution in [2.24, 2.45) is 11.8 Å².